The van der Waals surface area contributed by atoms with E-state index in [4.69, 9.17) is 4.74 Å². The lowest BCUT2D eigenvalue weighted by Gasteiger charge is -2.36. The van der Waals surface area contributed by atoms with Crippen LogP contribution in [0.1, 0.15) is 39.0 Å². The number of carbonyl (C=O) groups excluding carboxylic acids is 1. The summed E-state index contributed by atoms with van der Waals surface area (Å²) in [7, 11) is -1.62. The molecule has 3 rings (SSSR count). The number of benzene rings is 1. The van der Waals surface area contributed by atoms with Gasteiger partial charge < -0.3 is 9.64 Å². The Morgan fingerprint density at radius 3 is 2.28 bits per heavy atom. The molecule has 1 aliphatic carbocycles. The first-order chi connectivity index (χ1) is 13.9. The molecule has 1 aromatic carbocycles. The SMILES string of the molecule is CCOc1ccc(S(=O)(=O)N2CCN(CC(=O)N(C)C3CCCCC3)CC2)cc1. The summed E-state index contributed by atoms with van der Waals surface area (Å²) in [6.45, 7) is 4.74. The van der Waals surface area contributed by atoms with Gasteiger partial charge in [-0.25, -0.2) is 8.42 Å². The van der Waals surface area contributed by atoms with E-state index in [1.165, 1.54) is 23.6 Å². The molecule has 7 nitrogen and oxygen atoms in total. The van der Waals surface area contributed by atoms with Crippen molar-refractivity contribution in [3.63, 3.8) is 0 Å². The molecule has 1 heterocycles. The quantitative estimate of drug-likeness (QED) is 0.672. The summed E-state index contributed by atoms with van der Waals surface area (Å²) < 4.78 is 32.7. The Labute approximate surface area is 174 Å². The maximum atomic E-state index is 12.9. The molecule has 1 amide bonds. The molecule has 1 saturated carbocycles. The van der Waals surface area contributed by atoms with Crippen molar-refractivity contribution in [3.05, 3.63) is 24.3 Å². The predicted molar refractivity (Wildman–Crippen MR) is 112 cm³/mol. The van der Waals surface area contributed by atoms with Gasteiger partial charge in [-0.2, -0.15) is 4.31 Å². The zero-order valence-corrected chi connectivity index (χ0v) is 18.4. The summed E-state index contributed by atoms with van der Waals surface area (Å²) in [5, 5.41) is 0. The Bertz CT molecular complexity index is 768. The standard InChI is InChI=1S/C21H33N3O4S/c1-3-28-19-9-11-20(12-10-19)29(26,27)24-15-13-23(14-16-24)17-21(25)22(2)18-7-5-4-6-8-18/h9-12,18H,3-8,13-17H2,1-2H3. The van der Waals surface area contributed by atoms with E-state index in [0.29, 0.717) is 51.1 Å². The van der Waals surface area contributed by atoms with Crippen LogP contribution in [0.4, 0.5) is 0 Å². The number of rotatable bonds is 7. The van der Waals surface area contributed by atoms with Crippen molar-refractivity contribution in [2.75, 3.05) is 46.4 Å². The van der Waals surface area contributed by atoms with Crippen LogP contribution >= 0.6 is 0 Å². The Morgan fingerprint density at radius 2 is 1.69 bits per heavy atom. The lowest BCUT2D eigenvalue weighted by molar-refractivity contribution is -0.134. The van der Waals surface area contributed by atoms with E-state index < -0.39 is 10.0 Å². The van der Waals surface area contributed by atoms with Crippen molar-refractivity contribution in [1.82, 2.24) is 14.1 Å². The highest BCUT2D eigenvalue weighted by Crippen LogP contribution is 2.23. The van der Waals surface area contributed by atoms with Crippen LogP contribution in [0.25, 0.3) is 0 Å². The van der Waals surface area contributed by atoms with E-state index in [0.717, 1.165) is 12.8 Å². The molecule has 1 aromatic rings. The molecule has 0 atom stereocenters. The maximum Gasteiger partial charge on any atom is 0.243 e. The minimum atomic E-state index is -3.52. The van der Waals surface area contributed by atoms with Gasteiger partial charge in [0.2, 0.25) is 15.9 Å². The summed E-state index contributed by atoms with van der Waals surface area (Å²) in [6, 6.07) is 6.92. The van der Waals surface area contributed by atoms with Crippen LogP contribution in [0.5, 0.6) is 5.75 Å². The lowest BCUT2D eigenvalue weighted by atomic mass is 9.94. The van der Waals surface area contributed by atoms with Crippen LogP contribution in [0.3, 0.4) is 0 Å². The minimum Gasteiger partial charge on any atom is -0.494 e. The average Bonchev–Trinajstić information content (AvgIpc) is 2.75. The molecule has 0 radical (unpaired) electrons. The second-order valence-electron chi connectivity index (χ2n) is 7.88. The molecule has 29 heavy (non-hydrogen) atoms. The zero-order chi connectivity index (χ0) is 20.9. The first-order valence-corrected chi connectivity index (χ1v) is 12.1. The summed E-state index contributed by atoms with van der Waals surface area (Å²) in [4.78, 5) is 16.9. The lowest BCUT2D eigenvalue weighted by Crippen LogP contribution is -2.52. The van der Waals surface area contributed by atoms with E-state index in [1.54, 1.807) is 24.3 Å². The highest BCUT2D eigenvalue weighted by atomic mass is 32.2. The smallest absolute Gasteiger partial charge is 0.243 e. The van der Waals surface area contributed by atoms with Crippen molar-refractivity contribution in [3.8, 4) is 5.75 Å². The normalized spacial score (nSPS) is 19.8. The minimum absolute atomic E-state index is 0.139. The first-order valence-electron chi connectivity index (χ1n) is 10.6. The van der Waals surface area contributed by atoms with Crippen molar-refractivity contribution in [2.45, 2.75) is 50.0 Å². The van der Waals surface area contributed by atoms with Gasteiger partial charge in [-0.3, -0.25) is 9.69 Å². The van der Waals surface area contributed by atoms with Crippen LogP contribution in [-0.2, 0) is 14.8 Å². The molecule has 1 aliphatic heterocycles. The Kier molecular flexibility index (Phi) is 7.54. The summed E-state index contributed by atoms with van der Waals surface area (Å²) >= 11 is 0. The molecule has 0 unspecified atom stereocenters. The maximum absolute atomic E-state index is 12.9. The number of nitrogens with zero attached hydrogens (tertiary/aromatic N) is 3. The van der Waals surface area contributed by atoms with Crippen molar-refractivity contribution >= 4 is 15.9 Å². The average molecular weight is 424 g/mol. The van der Waals surface area contributed by atoms with Crippen molar-refractivity contribution in [1.29, 1.82) is 0 Å². The number of amides is 1. The fourth-order valence-corrected chi connectivity index (χ4v) is 5.55. The largest absolute Gasteiger partial charge is 0.494 e. The Morgan fingerprint density at radius 1 is 1.07 bits per heavy atom. The molecule has 8 heteroatoms. The van der Waals surface area contributed by atoms with Gasteiger partial charge in [-0.05, 0) is 44.0 Å². The number of carbonyl (C=O) groups is 1. The molecular weight excluding hydrogens is 390 g/mol. The molecule has 2 aliphatic rings. The van der Waals surface area contributed by atoms with E-state index >= 15 is 0 Å². The Hall–Kier alpha value is -1.64. The molecule has 2 fully saturated rings. The van der Waals surface area contributed by atoms with Crippen LogP contribution in [0.2, 0.25) is 0 Å². The molecule has 0 bridgehead atoms. The van der Waals surface area contributed by atoms with Gasteiger partial charge in [-0.15, -0.1) is 0 Å². The van der Waals surface area contributed by atoms with Gasteiger partial charge >= 0.3 is 0 Å². The second kappa shape index (κ2) is 9.91. The van der Waals surface area contributed by atoms with Gasteiger partial charge in [0.15, 0.2) is 0 Å². The highest BCUT2D eigenvalue weighted by molar-refractivity contribution is 7.89. The fraction of sp³-hybridized carbons (Fsp3) is 0.667. The number of ether oxygens (including phenoxy) is 1. The third-order valence-electron chi connectivity index (χ3n) is 5.98. The zero-order valence-electron chi connectivity index (χ0n) is 17.5. The monoisotopic (exact) mass is 423 g/mol. The topological polar surface area (TPSA) is 70.2 Å². The van der Waals surface area contributed by atoms with Crippen molar-refractivity contribution < 1.29 is 17.9 Å². The van der Waals surface area contributed by atoms with Gasteiger partial charge in [0, 0.05) is 39.3 Å². The van der Waals surface area contributed by atoms with E-state index in [2.05, 4.69) is 4.90 Å². The van der Waals surface area contributed by atoms with Crippen molar-refractivity contribution in [2.24, 2.45) is 0 Å². The molecule has 0 aromatic heterocycles. The third-order valence-corrected chi connectivity index (χ3v) is 7.89. The number of piperazine rings is 1. The second-order valence-corrected chi connectivity index (χ2v) is 9.82. The molecule has 162 valence electrons. The third kappa shape index (κ3) is 5.49. The molecule has 0 N–H and O–H groups in total. The van der Waals surface area contributed by atoms with Gasteiger partial charge in [0.25, 0.3) is 0 Å². The van der Waals surface area contributed by atoms with E-state index in [1.807, 2.05) is 18.9 Å². The van der Waals surface area contributed by atoms with Gasteiger partial charge in [-0.1, -0.05) is 19.3 Å². The van der Waals surface area contributed by atoms with Crippen LogP contribution in [0.15, 0.2) is 29.2 Å². The van der Waals surface area contributed by atoms with Crippen LogP contribution in [0, 0.1) is 0 Å². The summed E-state index contributed by atoms with van der Waals surface area (Å²) in [5.41, 5.74) is 0. The highest BCUT2D eigenvalue weighted by Gasteiger charge is 2.30. The fourth-order valence-electron chi connectivity index (χ4n) is 4.13. The Balaban J connectivity index is 1.52. The molecular formula is C21H33N3O4S. The predicted octanol–water partition coefficient (Wildman–Crippen LogP) is 2.18. The number of hydrogen-bond acceptors (Lipinski definition) is 5. The van der Waals surface area contributed by atoms with E-state index in [9.17, 15) is 13.2 Å². The number of likely N-dealkylation sites (N-methyl/N-ethyl adjacent to an activating group) is 1. The molecule has 1 saturated heterocycles. The summed E-state index contributed by atoms with van der Waals surface area (Å²) in [5.74, 6) is 0.802. The van der Waals surface area contributed by atoms with Gasteiger partial charge in [0.05, 0.1) is 18.0 Å². The molecule has 0 spiro atoms. The van der Waals surface area contributed by atoms with Gasteiger partial charge in [0.1, 0.15) is 5.75 Å². The van der Waals surface area contributed by atoms with Crippen LogP contribution < -0.4 is 4.74 Å². The van der Waals surface area contributed by atoms with Crippen LogP contribution in [-0.4, -0.2) is 80.9 Å². The van der Waals surface area contributed by atoms with E-state index in [-0.39, 0.29) is 10.8 Å². The summed E-state index contributed by atoms with van der Waals surface area (Å²) in [6.07, 6.45) is 5.85. The first kappa shape index (κ1) is 22.1. The number of hydrogen-bond donors (Lipinski definition) is 0. The number of sulfonamides is 1.